The summed E-state index contributed by atoms with van der Waals surface area (Å²) in [7, 11) is -3.74. The van der Waals surface area contributed by atoms with E-state index in [4.69, 9.17) is 0 Å². The predicted octanol–water partition coefficient (Wildman–Crippen LogP) is 3.30. The van der Waals surface area contributed by atoms with E-state index in [-0.39, 0.29) is 23.1 Å². The average Bonchev–Trinajstić information content (AvgIpc) is 2.73. The molecule has 1 heterocycles. The van der Waals surface area contributed by atoms with Gasteiger partial charge in [-0.25, -0.2) is 8.42 Å². The fourth-order valence-electron chi connectivity index (χ4n) is 3.79. The highest BCUT2D eigenvalue weighted by Gasteiger charge is 2.41. The monoisotopic (exact) mass is 428 g/mol. The van der Waals surface area contributed by atoms with Crippen LogP contribution in [0.4, 0.5) is 0 Å². The number of aryl methyl sites for hydroxylation is 1. The van der Waals surface area contributed by atoms with Crippen LogP contribution in [0.2, 0.25) is 0 Å². The SMILES string of the molecule is CC(=O)c1ccc(S(=O)(=O)N2CCC[C@](C)(C(=O)NCc3ccccc3C)C2)cc1. The summed E-state index contributed by atoms with van der Waals surface area (Å²) in [6.45, 7) is 6.17. The Hall–Kier alpha value is -2.51. The predicted molar refractivity (Wildman–Crippen MR) is 116 cm³/mol. The van der Waals surface area contributed by atoms with Crippen LogP contribution >= 0.6 is 0 Å². The second-order valence-corrected chi connectivity index (χ2v) is 10.1. The Kier molecular flexibility index (Phi) is 6.43. The molecule has 6 nitrogen and oxygen atoms in total. The zero-order valence-electron chi connectivity index (χ0n) is 17.6. The fourth-order valence-corrected chi connectivity index (χ4v) is 5.39. The third-order valence-corrected chi connectivity index (χ3v) is 7.67. The third-order valence-electron chi connectivity index (χ3n) is 5.81. The van der Waals surface area contributed by atoms with Crippen LogP contribution in [0.1, 0.15) is 48.2 Å². The number of carbonyl (C=O) groups excluding carboxylic acids is 2. The summed E-state index contributed by atoms with van der Waals surface area (Å²) in [6.07, 6.45) is 1.24. The Morgan fingerprint density at radius 1 is 1.10 bits per heavy atom. The van der Waals surface area contributed by atoms with E-state index in [9.17, 15) is 18.0 Å². The Labute approximate surface area is 178 Å². The van der Waals surface area contributed by atoms with Gasteiger partial charge < -0.3 is 5.32 Å². The number of nitrogens with zero attached hydrogens (tertiary/aromatic N) is 1. The molecule has 160 valence electrons. The molecule has 1 fully saturated rings. The lowest BCUT2D eigenvalue weighted by atomic mass is 9.82. The van der Waals surface area contributed by atoms with Crippen LogP contribution in [-0.2, 0) is 21.4 Å². The van der Waals surface area contributed by atoms with Crippen molar-refractivity contribution in [2.75, 3.05) is 13.1 Å². The van der Waals surface area contributed by atoms with E-state index in [2.05, 4.69) is 5.32 Å². The summed E-state index contributed by atoms with van der Waals surface area (Å²) in [5.41, 5.74) is 1.81. The van der Waals surface area contributed by atoms with Gasteiger partial charge >= 0.3 is 0 Å². The summed E-state index contributed by atoms with van der Waals surface area (Å²) < 4.78 is 27.6. The first-order valence-electron chi connectivity index (χ1n) is 10.1. The van der Waals surface area contributed by atoms with Crippen LogP contribution < -0.4 is 5.32 Å². The minimum absolute atomic E-state index is 0.116. The normalized spacial score (nSPS) is 20.0. The van der Waals surface area contributed by atoms with Gasteiger partial charge in [-0.1, -0.05) is 36.4 Å². The van der Waals surface area contributed by atoms with Gasteiger partial charge in [-0.15, -0.1) is 0 Å². The summed E-state index contributed by atoms with van der Waals surface area (Å²) in [4.78, 5) is 24.5. The first-order valence-corrected chi connectivity index (χ1v) is 11.5. The molecule has 1 amide bonds. The van der Waals surface area contributed by atoms with Crippen molar-refractivity contribution in [3.63, 3.8) is 0 Å². The van der Waals surface area contributed by atoms with Gasteiger partial charge in [-0.2, -0.15) is 4.31 Å². The molecular formula is C23H28N2O4S. The number of Topliss-reactive ketones (excluding diaryl/α,β-unsaturated/α-hetero) is 1. The van der Waals surface area contributed by atoms with Gasteiger partial charge in [0.25, 0.3) is 0 Å². The zero-order valence-corrected chi connectivity index (χ0v) is 18.5. The van der Waals surface area contributed by atoms with Gasteiger partial charge in [0.15, 0.2) is 5.78 Å². The number of amides is 1. The van der Waals surface area contributed by atoms with Crippen LogP contribution in [0.25, 0.3) is 0 Å². The van der Waals surface area contributed by atoms with Crippen molar-refractivity contribution in [1.29, 1.82) is 0 Å². The zero-order chi connectivity index (χ0) is 21.9. The number of carbonyl (C=O) groups is 2. The molecule has 30 heavy (non-hydrogen) atoms. The van der Waals surface area contributed by atoms with Gasteiger partial charge in [0, 0.05) is 25.2 Å². The number of hydrogen-bond donors (Lipinski definition) is 1. The van der Waals surface area contributed by atoms with Crippen LogP contribution in [0.3, 0.4) is 0 Å². The number of ketones is 1. The number of benzene rings is 2. The van der Waals surface area contributed by atoms with Crippen molar-refractivity contribution in [2.45, 2.75) is 45.1 Å². The lowest BCUT2D eigenvalue weighted by Crippen LogP contribution is -2.51. The molecule has 1 N–H and O–H groups in total. The first-order chi connectivity index (χ1) is 14.1. The van der Waals surface area contributed by atoms with E-state index in [0.717, 1.165) is 11.1 Å². The van der Waals surface area contributed by atoms with Crippen molar-refractivity contribution in [3.8, 4) is 0 Å². The van der Waals surface area contributed by atoms with E-state index in [1.165, 1.54) is 35.5 Å². The van der Waals surface area contributed by atoms with Crippen LogP contribution in [-0.4, -0.2) is 37.5 Å². The molecule has 0 unspecified atom stereocenters. The Balaban J connectivity index is 1.73. The first kappa shape index (κ1) is 22.2. The highest BCUT2D eigenvalue weighted by molar-refractivity contribution is 7.89. The highest BCUT2D eigenvalue weighted by atomic mass is 32.2. The lowest BCUT2D eigenvalue weighted by molar-refractivity contribution is -0.132. The van der Waals surface area contributed by atoms with Crippen LogP contribution in [0.15, 0.2) is 53.4 Å². The molecule has 1 aliphatic rings. The Morgan fingerprint density at radius 3 is 2.40 bits per heavy atom. The molecule has 0 saturated carbocycles. The second-order valence-electron chi connectivity index (χ2n) is 8.19. The number of piperidine rings is 1. The molecule has 0 radical (unpaired) electrons. The largest absolute Gasteiger partial charge is 0.352 e. The molecule has 0 bridgehead atoms. The summed E-state index contributed by atoms with van der Waals surface area (Å²) >= 11 is 0. The van der Waals surface area contributed by atoms with Crippen molar-refractivity contribution in [2.24, 2.45) is 5.41 Å². The molecule has 1 saturated heterocycles. The summed E-state index contributed by atoms with van der Waals surface area (Å²) in [5.74, 6) is -0.257. The quantitative estimate of drug-likeness (QED) is 0.716. The maximum atomic E-state index is 13.1. The number of nitrogens with one attached hydrogen (secondary N) is 1. The Morgan fingerprint density at radius 2 is 1.77 bits per heavy atom. The van der Waals surface area contributed by atoms with Crippen molar-refractivity contribution in [1.82, 2.24) is 9.62 Å². The molecule has 1 atom stereocenters. The second kappa shape index (κ2) is 8.70. The van der Waals surface area contributed by atoms with Gasteiger partial charge in [0.05, 0.1) is 10.3 Å². The lowest BCUT2D eigenvalue weighted by Gasteiger charge is -2.38. The van der Waals surface area contributed by atoms with Crippen LogP contribution in [0, 0.1) is 12.3 Å². The Bertz CT molecular complexity index is 1050. The number of sulfonamides is 1. The van der Waals surface area contributed by atoms with Gasteiger partial charge in [0.2, 0.25) is 15.9 Å². The number of rotatable bonds is 6. The molecule has 0 spiro atoms. The van der Waals surface area contributed by atoms with Gasteiger partial charge in [-0.05, 0) is 56.9 Å². The number of hydrogen-bond acceptors (Lipinski definition) is 4. The van der Waals surface area contributed by atoms with Crippen molar-refractivity contribution < 1.29 is 18.0 Å². The molecule has 3 rings (SSSR count). The molecule has 0 aliphatic carbocycles. The molecular weight excluding hydrogens is 400 g/mol. The fraction of sp³-hybridized carbons (Fsp3) is 0.391. The average molecular weight is 429 g/mol. The van der Waals surface area contributed by atoms with Gasteiger partial charge in [0.1, 0.15) is 0 Å². The van der Waals surface area contributed by atoms with Crippen molar-refractivity contribution >= 4 is 21.7 Å². The van der Waals surface area contributed by atoms with Gasteiger partial charge in [-0.3, -0.25) is 9.59 Å². The molecule has 0 aromatic heterocycles. The van der Waals surface area contributed by atoms with E-state index in [0.29, 0.717) is 31.5 Å². The minimum atomic E-state index is -3.74. The van der Waals surface area contributed by atoms with E-state index in [1.54, 1.807) is 0 Å². The highest BCUT2D eigenvalue weighted by Crippen LogP contribution is 2.33. The minimum Gasteiger partial charge on any atom is -0.352 e. The van der Waals surface area contributed by atoms with Crippen molar-refractivity contribution in [3.05, 3.63) is 65.2 Å². The molecule has 7 heteroatoms. The summed E-state index contributed by atoms with van der Waals surface area (Å²) in [5, 5.41) is 2.98. The van der Waals surface area contributed by atoms with E-state index < -0.39 is 15.4 Å². The summed E-state index contributed by atoms with van der Waals surface area (Å²) in [6, 6.07) is 13.8. The third kappa shape index (κ3) is 4.63. The smallest absolute Gasteiger partial charge is 0.243 e. The van der Waals surface area contributed by atoms with Crippen LogP contribution in [0.5, 0.6) is 0 Å². The molecule has 2 aromatic carbocycles. The maximum absolute atomic E-state index is 13.1. The molecule has 2 aromatic rings. The van der Waals surface area contributed by atoms with E-state index >= 15 is 0 Å². The van der Waals surface area contributed by atoms with E-state index in [1.807, 2.05) is 38.1 Å². The maximum Gasteiger partial charge on any atom is 0.243 e. The standard InChI is InChI=1S/C23H28N2O4S/c1-17-7-4-5-8-20(17)15-24-22(27)23(3)13-6-14-25(16-23)30(28,29)21-11-9-19(10-12-21)18(2)26/h4-5,7-12H,6,13-16H2,1-3H3,(H,24,27)/t23-/m0/s1. The molecule has 1 aliphatic heterocycles. The topological polar surface area (TPSA) is 83.6 Å².